The molecule has 5 rings (SSSR count). The number of anilines is 2. The lowest BCUT2D eigenvalue weighted by atomic mass is 9.96. The van der Waals surface area contributed by atoms with Crippen LogP contribution in [-0.4, -0.2) is 90.3 Å². The van der Waals surface area contributed by atoms with E-state index in [0.29, 0.717) is 42.1 Å². The summed E-state index contributed by atoms with van der Waals surface area (Å²) in [7, 11) is 4.56. The van der Waals surface area contributed by atoms with Gasteiger partial charge in [-0.2, -0.15) is 0 Å². The Bertz CT molecular complexity index is 1770. The van der Waals surface area contributed by atoms with Gasteiger partial charge in [-0.15, -0.1) is 0 Å². The first-order chi connectivity index (χ1) is 24.4. The molecule has 0 aliphatic carbocycles. The number of carbonyl (C=O) groups excluding carboxylic acids is 3. The Morgan fingerprint density at radius 1 is 1.21 bits per heavy atom. The van der Waals surface area contributed by atoms with Crippen molar-refractivity contribution in [3.8, 4) is 5.75 Å². The molecule has 3 heterocycles. The lowest BCUT2D eigenvalue weighted by molar-refractivity contribution is -0.141. The summed E-state index contributed by atoms with van der Waals surface area (Å²) < 4.78 is 29.8. The van der Waals surface area contributed by atoms with Crippen molar-refractivity contribution < 1.29 is 48.0 Å². The van der Waals surface area contributed by atoms with E-state index in [1.54, 1.807) is 19.1 Å². The van der Waals surface area contributed by atoms with Gasteiger partial charge in [-0.1, -0.05) is 47.0 Å². The zero-order chi connectivity index (χ0) is 38.5. The highest BCUT2D eigenvalue weighted by Crippen LogP contribution is 2.38. The van der Waals surface area contributed by atoms with Gasteiger partial charge in [0, 0.05) is 39.8 Å². The number of amides is 3. The second-order valence-corrected chi connectivity index (χ2v) is 13.9. The number of carboxylic acid groups (broad SMARTS) is 1. The molecule has 2 fully saturated rings. The van der Waals surface area contributed by atoms with E-state index in [4.69, 9.17) is 48.3 Å². The summed E-state index contributed by atoms with van der Waals surface area (Å²) in [6.45, 7) is 3.33. The molecule has 3 unspecified atom stereocenters. The van der Waals surface area contributed by atoms with Crippen molar-refractivity contribution in [2.24, 2.45) is 0 Å². The van der Waals surface area contributed by atoms with Crippen LogP contribution in [0.3, 0.4) is 0 Å². The molecule has 3 aliphatic heterocycles. The maximum Gasteiger partial charge on any atom is 0.409 e. The summed E-state index contributed by atoms with van der Waals surface area (Å²) in [5.74, 6) is -2.20. The lowest BCUT2D eigenvalue weighted by Gasteiger charge is -2.36. The number of allylic oxidation sites excluding steroid dienone is 3. The number of nitrogens with one attached hydrogen (secondary N) is 1. The van der Waals surface area contributed by atoms with Crippen molar-refractivity contribution >= 4 is 58.5 Å². The van der Waals surface area contributed by atoms with E-state index in [1.165, 1.54) is 14.0 Å². The zero-order valence-corrected chi connectivity index (χ0v) is 31.0. The predicted octanol–water partition coefficient (Wildman–Crippen LogP) is 5.49. The van der Waals surface area contributed by atoms with Crippen LogP contribution in [0.5, 0.6) is 5.75 Å². The minimum Gasteiger partial charge on any atom is -0.495 e. The molecule has 16 heteroatoms. The third kappa shape index (κ3) is 10.1. The third-order valence-electron chi connectivity index (χ3n) is 9.07. The highest BCUT2D eigenvalue weighted by Gasteiger charge is 2.45. The van der Waals surface area contributed by atoms with Crippen molar-refractivity contribution in [3.05, 3.63) is 75.1 Å². The molecule has 282 valence electrons. The smallest absolute Gasteiger partial charge is 0.409 e. The monoisotopic (exact) mass is 764 g/mol. The van der Waals surface area contributed by atoms with E-state index >= 15 is 0 Å². The number of likely N-dealkylation sites (N-methyl/N-ethyl adjacent to an activating group) is 1. The van der Waals surface area contributed by atoms with Crippen LogP contribution in [0.2, 0.25) is 10.0 Å². The third-order valence-corrected chi connectivity index (χ3v) is 9.76. The van der Waals surface area contributed by atoms with Crippen LogP contribution in [0.25, 0.3) is 0 Å². The highest BCUT2D eigenvalue weighted by atomic mass is 35.5. The predicted molar refractivity (Wildman–Crippen MR) is 193 cm³/mol. The maximum atomic E-state index is 13.3. The minimum absolute atomic E-state index is 0.0247. The molecule has 0 saturated carbocycles. The van der Waals surface area contributed by atoms with Gasteiger partial charge in [-0.25, -0.2) is 14.0 Å². The number of carboxylic acids is 1. The van der Waals surface area contributed by atoms with Gasteiger partial charge in [-0.3, -0.25) is 14.9 Å². The molecular weight excluding hydrogens is 722 g/mol. The van der Waals surface area contributed by atoms with Crippen molar-refractivity contribution in [2.75, 3.05) is 31.8 Å². The van der Waals surface area contributed by atoms with E-state index in [2.05, 4.69) is 5.32 Å². The number of nitrogen functional groups attached to an aromatic ring is 1. The van der Waals surface area contributed by atoms with Crippen molar-refractivity contribution in [2.45, 2.75) is 82.5 Å². The number of fused-ring (bicyclic) bond motifs is 5. The van der Waals surface area contributed by atoms with Crippen LogP contribution in [0, 0.1) is 5.82 Å². The second kappa shape index (κ2) is 17.0. The average molecular weight is 766 g/mol. The van der Waals surface area contributed by atoms with E-state index in [9.17, 15) is 28.7 Å². The van der Waals surface area contributed by atoms with Crippen LogP contribution in [-0.2, 0) is 25.5 Å². The van der Waals surface area contributed by atoms with E-state index in [-0.39, 0.29) is 47.2 Å². The number of rotatable bonds is 4. The Kier molecular flexibility index (Phi) is 13.2. The topological polar surface area (TPSA) is 184 Å². The number of epoxide rings is 1. The maximum absolute atomic E-state index is 13.3. The van der Waals surface area contributed by atoms with Gasteiger partial charge >= 0.3 is 12.1 Å². The number of carbonyl (C=O) groups is 4. The molecule has 0 spiro atoms. The molecule has 5 atom stereocenters. The Hall–Kier alpha value is -4.37. The Morgan fingerprint density at radius 3 is 2.60 bits per heavy atom. The largest absolute Gasteiger partial charge is 0.495 e. The Labute approximate surface area is 311 Å². The second-order valence-electron chi connectivity index (χ2n) is 13.1. The number of hydrogen-bond acceptors (Lipinski definition) is 9. The molecule has 3 aliphatic rings. The van der Waals surface area contributed by atoms with Gasteiger partial charge in [0.2, 0.25) is 5.91 Å². The fraction of sp³-hybridized carbons (Fsp3) is 0.444. The molecule has 13 nitrogen and oxygen atoms in total. The first-order valence-corrected chi connectivity index (χ1v) is 17.2. The molecule has 5 N–H and O–H groups in total. The van der Waals surface area contributed by atoms with Gasteiger partial charge in [0.15, 0.2) is 0 Å². The van der Waals surface area contributed by atoms with Crippen LogP contribution in [0.1, 0.15) is 61.9 Å². The van der Waals surface area contributed by atoms with Crippen molar-refractivity contribution in [3.63, 3.8) is 0 Å². The van der Waals surface area contributed by atoms with Gasteiger partial charge in [-0.05, 0) is 56.5 Å². The SMILES string of the molecule is COc1cc2cc(c1Cl)N(C)C(=O)CCC1OC1CC1C[C@](O)(C/C=C/C=C(\C)C2)NC(=O)O1.C[C@@H](C(=O)O)N(C)C(=O)c1cc(F)c(N)cc1Cl. The van der Waals surface area contributed by atoms with Crippen LogP contribution >= 0.6 is 23.2 Å². The number of hydrogen-bond donors (Lipinski definition) is 4. The first-order valence-electron chi connectivity index (χ1n) is 16.5. The number of methoxy groups -OCH3 is 1. The summed E-state index contributed by atoms with van der Waals surface area (Å²) in [6.07, 6.45) is 6.86. The van der Waals surface area contributed by atoms with Crippen LogP contribution in [0.4, 0.5) is 20.6 Å². The summed E-state index contributed by atoms with van der Waals surface area (Å²) in [6, 6.07) is 4.74. The molecule has 52 heavy (non-hydrogen) atoms. The molecular formula is C36H43Cl2FN4O9. The number of aliphatic hydroxyl groups is 1. The molecule has 0 radical (unpaired) electrons. The van der Waals surface area contributed by atoms with Crippen LogP contribution < -0.4 is 20.7 Å². The number of alkyl carbamates (subject to hydrolysis) is 1. The zero-order valence-electron chi connectivity index (χ0n) is 29.5. The molecule has 2 aromatic carbocycles. The van der Waals surface area contributed by atoms with E-state index < -0.39 is 41.7 Å². The number of nitrogens with zero attached hydrogens (tertiary/aromatic N) is 2. The van der Waals surface area contributed by atoms with Gasteiger partial charge < -0.3 is 40.0 Å². The van der Waals surface area contributed by atoms with E-state index in [1.807, 2.05) is 37.3 Å². The van der Waals surface area contributed by atoms with E-state index in [0.717, 1.165) is 28.2 Å². The highest BCUT2D eigenvalue weighted by molar-refractivity contribution is 6.35. The molecule has 4 bridgehead atoms. The number of aliphatic carboxylic acids is 1. The number of ether oxygens (including phenoxy) is 3. The standard InChI is InChI=1S/C25H31ClN2O6.C11H12ClFN2O3/c1-15-6-4-5-9-25(31)14-17(33-24(30)27-25)13-20-19(34-20)7-8-22(29)28(2)18-11-16(10-15)12-21(32-3)23(18)26;1-5(11(17)18)15(2)10(16)6-3-8(13)9(14)4-7(6)12/h4-6,11-12,17,19-20,31H,7-10,13-14H2,1-3H3,(H,27,30);3-5H,14H2,1-2H3,(H,17,18)/b5-4+,15-6+;/t17?,19?,20?,25-;5-/m10/s1. The molecule has 3 amide bonds. The van der Waals surface area contributed by atoms with Crippen LogP contribution in [0.15, 0.2) is 48.1 Å². The minimum atomic E-state index is -1.37. The Balaban J connectivity index is 0.000000284. The number of halogens is 3. The fourth-order valence-corrected chi connectivity index (χ4v) is 6.41. The summed E-state index contributed by atoms with van der Waals surface area (Å²) in [5, 5.41) is 22.6. The average Bonchev–Trinajstić information content (AvgIpc) is 3.83. The quantitative estimate of drug-likeness (QED) is 0.229. The van der Waals surface area contributed by atoms with Crippen molar-refractivity contribution in [1.29, 1.82) is 0 Å². The normalized spacial score (nSPS) is 25.4. The summed E-state index contributed by atoms with van der Waals surface area (Å²) >= 11 is 12.3. The summed E-state index contributed by atoms with van der Waals surface area (Å²) in [4.78, 5) is 50.2. The van der Waals surface area contributed by atoms with Gasteiger partial charge in [0.25, 0.3) is 5.91 Å². The first kappa shape index (κ1) is 40.4. The molecule has 2 saturated heterocycles. The van der Waals surface area contributed by atoms with Crippen molar-refractivity contribution in [1.82, 2.24) is 10.2 Å². The van der Waals surface area contributed by atoms with Gasteiger partial charge in [0.1, 0.15) is 34.5 Å². The Morgan fingerprint density at radius 2 is 1.92 bits per heavy atom. The summed E-state index contributed by atoms with van der Waals surface area (Å²) in [5.41, 5.74) is 6.25. The lowest BCUT2D eigenvalue weighted by Crippen LogP contribution is -2.56. The fourth-order valence-electron chi connectivity index (χ4n) is 5.84. The molecule has 2 aromatic rings. The number of benzene rings is 2. The molecule has 0 aromatic heterocycles. The number of nitrogens with two attached hydrogens (primary N) is 1. The van der Waals surface area contributed by atoms with Gasteiger partial charge in [0.05, 0.1) is 41.3 Å².